The van der Waals surface area contributed by atoms with Crippen LogP contribution in [0.3, 0.4) is 0 Å². The quantitative estimate of drug-likeness (QED) is 0.322. The Morgan fingerprint density at radius 2 is 2.00 bits per heavy atom. The predicted molar refractivity (Wildman–Crippen MR) is 116 cm³/mol. The van der Waals surface area contributed by atoms with E-state index in [1.165, 1.54) is 12.8 Å². The Balaban J connectivity index is 0.00000312. The zero-order valence-corrected chi connectivity index (χ0v) is 19.0. The number of hydrogen-bond donors (Lipinski definition) is 2. The van der Waals surface area contributed by atoms with Gasteiger partial charge in [0.15, 0.2) is 5.96 Å². The summed E-state index contributed by atoms with van der Waals surface area (Å²) in [5.74, 6) is 2.43. The molecule has 0 aromatic carbocycles. The Labute approximate surface area is 171 Å². The summed E-state index contributed by atoms with van der Waals surface area (Å²) >= 11 is 0. The molecule has 0 aromatic heterocycles. The van der Waals surface area contributed by atoms with Gasteiger partial charge >= 0.3 is 0 Å². The highest BCUT2D eigenvalue weighted by molar-refractivity contribution is 14.0. The summed E-state index contributed by atoms with van der Waals surface area (Å²) in [7, 11) is 6.17. The summed E-state index contributed by atoms with van der Waals surface area (Å²) in [6.07, 6.45) is 2.96. The summed E-state index contributed by atoms with van der Waals surface area (Å²) in [6.45, 7) is 10.3. The van der Waals surface area contributed by atoms with E-state index >= 15 is 0 Å². The second kappa shape index (κ2) is 11.6. The first-order valence-electron chi connectivity index (χ1n) is 9.44. The monoisotopic (exact) mass is 467 g/mol. The Kier molecular flexibility index (Phi) is 10.6. The molecule has 2 atom stereocenters. The van der Waals surface area contributed by atoms with Crippen molar-refractivity contribution in [3.8, 4) is 0 Å². The van der Waals surface area contributed by atoms with Gasteiger partial charge in [0.1, 0.15) is 0 Å². The molecule has 2 unspecified atom stereocenters. The topological polar surface area (TPSA) is 52.1 Å². The second-order valence-electron chi connectivity index (χ2n) is 7.85. The third-order valence-corrected chi connectivity index (χ3v) is 4.88. The number of halogens is 1. The summed E-state index contributed by atoms with van der Waals surface area (Å²) in [5, 5.41) is 6.92. The maximum atomic E-state index is 5.90. The third-order valence-electron chi connectivity index (χ3n) is 4.88. The predicted octanol–water partition coefficient (Wildman–Crippen LogP) is 1.47. The molecule has 0 radical (unpaired) electrons. The molecule has 25 heavy (non-hydrogen) atoms. The van der Waals surface area contributed by atoms with Crippen molar-refractivity contribution in [3.05, 3.63) is 0 Å². The normalized spacial score (nSPS) is 23.5. The second-order valence-corrected chi connectivity index (χ2v) is 7.85. The van der Waals surface area contributed by atoms with E-state index in [9.17, 15) is 0 Å². The van der Waals surface area contributed by atoms with Crippen LogP contribution in [0.25, 0.3) is 0 Å². The van der Waals surface area contributed by atoms with Gasteiger partial charge in [0.05, 0.1) is 12.7 Å². The van der Waals surface area contributed by atoms with Gasteiger partial charge < -0.3 is 20.3 Å². The number of rotatable bonds is 8. The van der Waals surface area contributed by atoms with Gasteiger partial charge in [-0.25, -0.2) is 0 Å². The molecule has 0 spiro atoms. The van der Waals surface area contributed by atoms with Crippen molar-refractivity contribution in [3.63, 3.8) is 0 Å². The summed E-state index contributed by atoms with van der Waals surface area (Å²) in [6, 6.07) is 0.594. The van der Waals surface area contributed by atoms with Crippen LogP contribution in [0, 0.1) is 11.8 Å². The Morgan fingerprint density at radius 1 is 1.28 bits per heavy atom. The molecule has 6 nitrogen and oxygen atoms in total. The Morgan fingerprint density at radius 3 is 2.56 bits per heavy atom. The molecule has 2 aliphatic rings. The smallest absolute Gasteiger partial charge is 0.191 e. The van der Waals surface area contributed by atoms with Crippen molar-refractivity contribution in [1.82, 2.24) is 20.4 Å². The molecule has 0 aromatic rings. The fourth-order valence-corrected chi connectivity index (χ4v) is 3.47. The first-order chi connectivity index (χ1) is 11.5. The van der Waals surface area contributed by atoms with Crippen LogP contribution < -0.4 is 10.6 Å². The molecule has 0 amide bonds. The zero-order chi connectivity index (χ0) is 17.5. The van der Waals surface area contributed by atoms with Crippen molar-refractivity contribution >= 4 is 29.9 Å². The minimum Gasteiger partial charge on any atom is -0.374 e. The number of aliphatic imine (C=N–C) groups is 1. The molecule has 1 saturated heterocycles. The Bertz CT molecular complexity index is 399. The first kappa shape index (κ1) is 22.9. The van der Waals surface area contributed by atoms with Gasteiger partial charge in [0.2, 0.25) is 0 Å². The van der Waals surface area contributed by atoms with E-state index < -0.39 is 0 Å². The van der Waals surface area contributed by atoms with E-state index in [4.69, 9.17) is 4.74 Å². The van der Waals surface area contributed by atoms with E-state index in [1.54, 1.807) is 0 Å². The van der Waals surface area contributed by atoms with Crippen LogP contribution in [-0.2, 0) is 4.74 Å². The van der Waals surface area contributed by atoms with Gasteiger partial charge in [-0.3, -0.25) is 9.89 Å². The lowest BCUT2D eigenvalue weighted by molar-refractivity contribution is -0.0284. The van der Waals surface area contributed by atoms with Crippen LogP contribution >= 0.6 is 24.0 Å². The number of likely N-dealkylation sites (N-methyl/N-ethyl adjacent to an activating group) is 1. The van der Waals surface area contributed by atoms with Crippen LogP contribution in [0.1, 0.15) is 26.7 Å². The summed E-state index contributed by atoms with van der Waals surface area (Å²) in [5.41, 5.74) is 0. The summed E-state index contributed by atoms with van der Waals surface area (Å²) < 4.78 is 5.90. The number of morpholine rings is 1. The van der Waals surface area contributed by atoms with Gasteiger partial charge in [0.25, 0.3) is 0 Å². The van der Waals surface area contributed by atoms with E-state index in [2.05, 4.69) is 53.4 Å². The number of nitrogens with zero attached hydrogens (tertiary/aromatic N) is 3. The molecule has 148 valence electrons. The number of guanidine groups is 1. The molecule has 7 heteroatoms. The van der Waals surface area contributed by atoms with E-state index in [0.717, 1.165) is 51.2 Å². The lowest BCUT2D eigenvalue weighted by Gasteiger charge is -2.34. The zero-order valence-electron chi connectivity index (χ0n) is 16.6. The average Bonchev–Trinajstić information content (AvgIpc) is 3.34. The van der Waals surface area contributed by atoms with Crippen molar-refractivity contribution in [2.45, 2.75) is 38.8 Å². The number of hydrogen-bond acceptors (Lipinski definition) is 4. The van der Waals surface area contributed by atoms with Crippen molar-refractivity contribution in [2.75, 3.05) is 60.5 Å². The largest absolute Gasteiger partial charge is 0.374 e. The molecule has 2 N–H and O–H groups in total. The standard InChI is InChI=1S/C18H37N5O.HI/c1-14(2)12-23-8-9-24-16(13-23)10-20-18(19-3)21-11-17(22(4)5)15-6-7-15;/h14-17H,6-13H2,1-5H3,(H2,19,20,21);1H. The highest BCUT2D eigenvalue weighted by atomic mass is 127. The van der Waals surface area contributed by atoms with Crippen molar-refractivity contribution in [2.24, 2.45) is 16.8 Å². The SMILES string of the molecule is CN=C(NCC1CN(CC(C)C)CCO1)NCC(C1CC1)N(C)C.I. The van der Waals surface area contributed by atoms with Crippen LogP contribution in [0.15, 0.2) is 4.99 Å². The molecule has 1 aliphatic heterocycles. The van der Waals surface area contributed by atoms with E-state index in [1.807, 2.05) is 7.05 Å². The first-order valence-corrected chi connectivity index (χ1v) is 9.44. The van der Waals surface area contributed by atoms with Gasteiger partial charge in [-0.1, -0.05) is 13.8 Å². The Hall–Kier alpha value is -0.120. The van der Waals surface area contributed by atoms with E-state index in [-0.39, 0.29) is 30.1 Å². The molecular formula is C18H38IN5O. The van der Waals surface area contributed by atoms with Crippen LogP contribution in [0.2, 0.25) is 0 Å². The number of ether oxygens (including phenoxy) is 1. The summed E-state index contributed by atoms with van der Waals surface area (Å²) in [4.78, 5) is 9.19. The fourth-order valence-electron chi connectivity index (χ4n) is 3.47. The highest BCUT2D eigenvalue weighted by Gasteiger charge is 2.32. The maximum Gasteiger partial charge on any atom is 0.191 e. The molecule has 1 saturated carbocycles. The van der Waals surface area contributed by atoms with E-state index in [0.29, 0.717) is 12.0 Å². The maximum absolute atomic E-state index is 5.90. The fraction of sp³-hybridized carbons (Fsp3) is 0.944. The van der Waals surface area contributed by atoms with Crippen LogP contribution in [0.5, 0.6) is 0 Å². The van der Waals surface area contributed by atoms with Gasteiger partial charge in [0, 0.05) is 45.8 Å². The third kappa shape index (κ3) is 8.41. The molecular weight excluding hydrogens is 429 g/mol. The van der Waals surface area contributed by atoms with Crippen molar-refractivity contribution < 1.29 is 4.74 Å². The van der Waals surface area contributed by atoms with Crippen molar-refractivity contribution in [1.29, 1.82) is 0 Å². The molecule has 2 rings (SSSR count). The lowest BCUT2D eigenvalue weighted by Crippen LogP contribution is -2.51. The highest BCUT2D eigenvalue weighted by Crippen LogP contribution is 2.34. The molecule has 1 aliphatic carbocycles. The molecule has 1 heterocycles. The lowest BCUT2D eigenvalue weighted by atomic mass is 10.1. The van der Waals surface area contributed by atoms with Crippen LogP contribution in [-0.4, -0.2) is 88.4 Å². The van der Waals surface area contributed by atoms with Gasteiger partial charge in [-0.05, 0) is 38.8 Å². The minimum atomic E-state index is 0. The van der Waals surface area contributed by atoms with Gasteiger partial charge in [-0.2, -0.15) is 0 Å². The van der Waals surface area contributed by atoms with Crippen LogP contribution in [0.4, 0.5) is 0 Å². The molecule has 0 bridgehead atoms. The van der Waals surface area contributed by atoms with Gasteiger partial charge in [-0.15, -0.1) is 24.0 Å². The minimum absolute atomic E-state index is 0. The average molecular weight is 467 g/mol. The molecule has 2 fully saturated rings. The number of nitrogens with one attached hydrogen (secondary N) is 2.